The van der Waals surface area contributed by atoms with Crippen LogP contribution in [0.2, 0.25) is 0 Å². The van der Waals surface area contributed by atoms with E-state index in [1.54, 1.807) is 0 Å². The molecule has 2 heterocycles. The van der Waals surface area contributed by atoms with Gasteiger partial charge in [0.05, 0.1) is 18.2 Å². The highest BCUT2D eigenvalue weighted by molar-refractivity contribution is 5.80. The van der Waals surface area contributed by atoms with E-state index in [1.807, 2.05) is 24.3 Å². The summed E-state index contributed by atoms with van der Waals surface area (Å²) in [6, 6.07) is 22.4. The zero-order chi connectivity index (χ0) is 20.8. The first kappa shape index (κ1) is 20.4. The van der Waals surface area contributed by atoms with E-state index in [0.717, 1.165) is 24.6 Å². The van der Waals surface area contributed by atoms with Gasteiger partial charge in [-0.1, -0.05) is 42.5 Å². The summed E-state index contributed by atoms with van der Waals surface area (Å²) in [5, 5.41) is 16.0. The Balaban J connectivity index is 1.36. The second-order valence-electron chi connectivity index (χ2n) is 8.36. The molecule has 2 aliphatic heterocycles. The lowest BCUT2D eigenvalue weighted by molar-refractivity contribution is 0.114. The van der Waals surface area contributed by atoms with Crippen LogP contribution in [-0.4, -0.2) is 35.5 Å². The van der Waals surface area contributed by atoms with E-state index >= 15 is 0 Å². The van der Waals surface area contributed by atoms with Crippen molar-refractivity contribution < 1.29 is 0 Å². The number of piperidine rings is 1. The molecule has 5 nitrogen and oxygen atoms in total. The van der Waals surface area contributed by atoms with Gasteiger partial charge in [0, 0.05) is 31.2 Å². The Morgan fingerprint density at radius 3 is 2.37 bits per heavy atom. The van der Waals surface area contributed by atoms with Crippen LogP contribution in [-0.2, 0) is 13.1 Å². The molecule has 2 bridgehead atoms. The molecule has 0 saturated carbocycles. The molecule has 2 unspecified atom stereocenters. The fraction of sp³-hybridized carbons (Fsp3) is 0.440. The van der Waals surface area contributed by atoms with Crippen LogP contribution in [0.15, 0.2) is 59.6 Å². The molecule has 30 heavy (non-hydrogen) atoms. The largest absolute Gasteiger partial charge is 0.357 e. The summed E-state index contributed by atoms with van der Waals surface area (Å²) < 4.78 is 0. The van der Waals surface area contributed by atoms with E-state index in [2.05, 4.69) is 58.9 Å². The normalized spacial score (nSPS) is 23.7. The minimum absolute atomic E-state index is 0.466. The maximum Gasteiger partial charge on any atom is 0.191 e. The maximum atomic E-state index is 8.95. The predicted octanol–water partition coefficient (Wildman–Crippen LogP) is 3.81. The Kier molecular flexibility index (Phi) is 6.66. The van der Waals surface area contributed by atoms with Gasteiger partial charge in [0.1, 0.15) is 0 Å². The van der Waals surface area contributed by atoms with Crippen LogP contribution in [0, 0.1) is 11.3 Å². The maximum absolute atomic E-state index is 8.95. The molecule has 2 fully saturated rings. The van der Waals surface area contributed by atoms with Gasteiger partial charge in [0.25, 0.3) is 0 Å². The van der Waals surface area contributed by atoms with Crippen molar-refractivity contribution >= 4 is 5.96 Å². The number of nitrogens with zero attached hydrogens (tertiary/aromatic N) is 3. The van der Waals surface area contributed by atoms with E-state index in [-0.39, 0.29) is 0 Å². The van der Waals surface area contributed by atoms with E-state index < -0.39 is 0 Å². The molecule has 156 valence electrons. The summed E-state index contributed by atoms with van der Waals surface area (Å²) in [6.07, 6.45) is 4.94. The van der Waals surface area contributed by atoms with Gasteiger partial charge in [-0.2, -0.15) is 5.26 Å². The summed E-state index contributed by atoms with van der Waals surface area (Å²) in [5.74, 6) is 0.891. The van der Waals surface area contributed by atoms with Gasteiger partial charge in [-0.3, -0.25) is 4.90 Å². The average Bonchev–Trinajstić information content (AvgIpc) is 3.01. The Morgan fingerprint density at radius 2 is 1.73 bits per heavy atom. The predicted molar refractivity (Wildman–Crippen MR) is 121 cm³/mol. The first-order valence-corrected chi connectivity index (χ1v) is 11.1. The van der Waals surface area contributed by atoms with Crippen molar-refractivity contribution in [2.45, 2.75) is 63.8 Å². The van der Waals surface area contributed by atoms with Gasteiger partial charge in [-0.05, 0) is 55.9 Å². The smallest absolute Gasteiger partial charge is 0.191 e. The van der Waals surface area contributed by atoms with Crippen LogP contribution in [0.1, 0.15) is 49.3 Å². The number of rotatable bonds is 6. The topological polar surface area (TPSA) is 63.5 Å². The van der Waals surface area contributed by atoms with Gasteiger partial charge in [0.15, 0.2) is 5.96 Å². The van der Waals surface area contributed by atoms with E-state index in [1.165, 1.54) is 31.2 Å². The molecule has 2 saturated heterocycles. The molecule has 2 aromatic rings. The fourth-order valence-corrected chi connectivity index (χ4v) is 4.81. The third-order valence-corrected chi connectivity index (χ3v) is 6.28. The van der Waals surface area contributed by atoms with Crippen LogP contribution < -0.4 is 10.6 Å². The van der Waals surface area contributed by atoms with Crippen molar-refractivity contribution in [1.82, 2.24) is 15.5 Å². The van der Waals surface area contributed by atoms with Gasteiger partial charge < -0.3 is 10.6 Å². The zero-order valence-electron chi connectivity index (χ0n) is 17.7. The van der Waals surface area contributed by atoms with Crippen molar-refractivity contribution in [1.29, 1.82) is 5.26 Å². The van der Waals surface area contributed by atoms with Gasteiger partial charge in [-0.15, -0.1) is 0 Å². The first-order valence-electron chi connectivity index (χ1n) is 11.1. The lowest BCUT2D eigenvalue weighted by atomic mass is 9.96. The van der Waals surface area contributed by atoms with Gasteiger partial charge >= 0.3 is 0 Å². The average molecular weight is 402 g/mol. The zero-order valence-corrected chi connectivity index (χ0v) is 17.7. The fourth-order valence-electron chi connectivity index (χ4n) is 4.81. The van der Waals surface area contributed by atoms with Crippen molar-refractivity contribution in [2.24, 2.45) is 4.99 Å². The number of fused-ring (bicyclic) bond motifs is 2. The molecule has 0 aromatic heterocycles. The van der Waals surface area contributed by atoms with E-state index in [0.29, 0.717) is 30.2 Å². The van der Waals surface area contributed by atoms with E-state index in [9.17, 15) is 0 Å². The molecular formula is C25H31N5. The van der Waals surface area contributed by atoms with Crippen molar-refractivity contribution in [3.05, 3.63) is 71.3 Å². The number of hydrogen-bond donors (Lipinski definition) is 2. The number of nitriles is 1. The number of hydrogen-bond acceptors (Lipinski definition) is 3. The second kappa shape index (κ2) is 9.77. The molecule has 4 rings (SSSR count). The third kappa shape index (κ3) is 5.01. The standard InChI is InChI=1S/C25H31N5/c1-2-27-25(28-17-20-10-8-19(16-26)9-11-20)29-22-14-23-12-13-24(15-22)30(23)18-21-6-4-3-5-7-21/h3-11,22-24H,2,12-15,17-18H2,1H3,(H2,27,28,29). The van der Waals surface area contributed by atoms with Gasteiger partial charge in [-0.25, -0.2) is 4.99 Å². The lowest BCUT2D eigenvalue weighted by Crippen LogP contribution is -2.52. The highest BCUT2D eigenvalue weighted by atomic mass is 15.3. The van der Waals surface area contributed by atoms with Crippen molar-refractivity contribution in [3.63, 3.8) is 0 Å². The Hall–Kier alpha value is -2.84. The highest BCUT2D eigenvalue weighted by Crippen LogP contribution is 2.36. The Morgan fingerprint density at radius 1 is 1.03 bits per heavy atom. The number of benzene rings is 2. The van der Waals surface area contributed by atoms with Crippen LogP contribution in [0.5, 0.6) is 0 Å². The molecular weight excluding hydrogens is 370 g/mol. The molecule has 2 N–H and O–H groups in total. The Bertz CT molecular complexity index is 870. The van der Waals surface area contributed by atoms with Crippen LogP contribution in [0.25, 0.3) is 0 Å². The van der Waals surface area contributed by atoms with Crippen LogP contribution in [0.4, 0.5) is 0 Å². The second-order valence-corrected chi connectivity index (χ2v) is 8.36. The highest BCUT2D eigenvalue weighted by Gasteiger charge is 2.40. The van der Waals surface area contributed by atoms with Crippen LogP contribution >= 0.6 is 0 Å². The molecule has 2 aromatic carbocycles. The molecule has 0 amide bonds. The van der Waals surface area contributed by atoms with Crippen molar-refractivity contribution in [2.75, 3.05) is 6.54 Å². The summed E-state index contributed by atoms with van der Waals surface area (Å²) in [7, 11) is 0. The summed E-state index contributed by atoms with van der Waals surface area (Å²) >= 11 is 0. The first-order chi connectivity index (χ1) is 14.7. The summed E-state index contributed by atoms with van der Waals surface area (Å²) in [6.45, 7) is 4.63. The number of aliphatic imine (C=N–C) groups is 1. The third-order valence-electron chi connectivity index (χ3n) is 6.28. The van der Waals surface area contributed by atoms with Crippen LogP contribution in [0.3, 0.4) is 0 Å². The number of guanidine groups is 1. The molecule has 5 heteroatoms. The van der Waals surface area contributed by atoms with Crippen molar-refractivity contribution in [3.8, 4) is 6.07 Å². The summed E-state index contributed by atoms with van der Waals surface area (Å²) in [4.78, 5) is 7.51. The quantitative estimate of drug-likeness (QED) is 0.571. The van der Waals surface area contributed by atoms with E-state index in [4.69, 9.17) is 10.3 Å². The molecule has 0 spiro atoms. The molecule has 2 aliphatic rings. The molecule has 0 radical (unpaired) electrons. The Labute approximate surface area is 179 Å². The van der Waals surface area contributed by atoms with Gasteiger partial charge in [0.2, 0.25) is 0 Å². The lowest BCUT2D eigenvalue weighted by Gasteiger charge is -2.39. The minimum atomic E-state index is 0.466. The minimum Gasteiger partial charge on any atom is -0.357 e. The monoisotopic (exact) mass is 401 g/mol. The molecule has 0 aliphatic carbocycles. The number of nitrogens with one attached hydrogen (secondary N) is 2. The molecule has 2 atom stereocenters. The SMILES string of the molecule is CCNC(=NCc1ccc(C#N)cc1)NC1CC2CCC(C1)N2Cc1ccccc1. The summed E-state index contributed by atoms with van der Waals surface area (Å²) in [5.41, 5.74) is 3.22.